The number of hydrogen-bond donors (Lipinski definition) is 3. The molecule has 0 bridgehead atoms. The number of halogens is 6. The summed E-state index contributed by atoms with van der Waals surface area (Å²) in [4.78, 5) is 0. The van der Waals surface area contributed by atoms with E-state index in [1.165, 1.54) is 24.3 Å². The Kier molecular flexibility index (Phi) is 4.51. The van der Waals surface area contributed by atoms with Gasteiger partial charge in [0, 0.05) is 5.56 Å². The molecule has 136 valence electrons. The van der Waals surface area contributed by atoms with E-state index in [1.54, 1.807) is 0 Å². The fraction of sp³-hybridized carbons (Fsp3) is 0.200. The minimum atomic E-state index is -6.14. The van der Waals surface area contributed by atoms with Crippen LogP contribution in [0.5, 0.6) is 23.0 Å². The predicted molar refractivity (Wildman–Crippen MR) is 72.3 cm³/mol. The molecule has 0 aliphatic heterocycles. The van der Waals surface area contributed by atoms with Crippen molar-refractivity contribution in [3.8, 4) is 23.0 Å². The van der Waals surface area contributed by atoms with Crippen LogP contribution in [-0.2, 0) is 5.60 Å². The second-order valence-corrected chi connectivity index (χ2v) is 4.98. The zero-order valence-corrected chi connectivity index (χ0v) is 12.1. The lowest BCUT2D eigenvalue weighted by Crippen LogP contribution is -2.53. The molecule has 0 heterocycles. The van der Waals surface area contributed by atoms with Crippen LogP contribution in [0.3, 0.4) is 0 Å². The molecule has 3 N–H and O–H groups in total. The summed E-state index contributed by atoms with van der Waals surface area (Å²) < 4.78 is 82.6. The van der Waals surface area contributed by atoms with Gasteiger partial charge in [-0.2, -0.15) is 26.3 Å². The Hall–Kier alpha value is -2.62. The first kappa shape index (κ1) is 18.7. The minimum Gasteiger partial charge on any atom is -0.508 e. The van der Waals surface area contributed by atoms with Crippen molar-refractivity contribution in [2.75, 3.05) is 0 Å². The Labute approximate surface area is 136 Å². The summed E-state index contributed by atoms with van der Waals surface area (Å²) in [5.41, 5.74) is -7.10. The number of benzene rings is 2. The first-order valence-electron chi connectivity index (χ1n) is 6.52. The van der Waals surface area contributed by atoms with Gasteiger partial charge in [-0.25, -0.2) is 0 Å². The van der Waals surface area contributed by atoms with E-state index < -0.39 is 35.0 Å². The van der Waals surface area contributed by atoms with E-state index in [-0.39, 0.29) is 17.6 Å². The molecule has 0 aromatic heterocycles. The van der Waals surface area contributed by atoms with Crippen LogP contribution < -0.4 is 4.74 Å². The third-order valence-electron chi connectivity index (χ3n) is 3.25. The second-order valence-electron chi connectivity index (χ2n) is 4.98. The van der Waals surface area contributed by atoms with Crippen LogP contribution in [0.1, 0.15) is 5.56 Å². The number of hydrogen-bond acceptors (Lipinski definition) is 4. The Morgan fingerprint density at radius 2 is 1.20 bits per heavy atom. The van der Waals surface area contributed by atoms with E-state index in [9.17, 15) is 36.6 Å². The van der Waals surface area contributed by atoms with Crippen LogP contribution in [0, 0.1) is 0 Å². The molecule has 0 atom stereocenters. The van der Waals surface area contributed by atoms with Gasteiger partial charge in [0.2, 0.25) is 0 Å². The number of rotatable bonds is 3. The lowest BCUT2D eigenvalue weighted by Gasteiger charge is -2.33. The van der Waals surface area contributed by atoms with Crippen molar-refractivity contribution in [2.45, 2.75) is 18.0 Å². The monoisotopic (exact) mass is 368 g/mol. The zero-order valence-electron chi connectivity index (χ0n) is 12.1. The smallest absolute Gasteiger partial charge is 0.430 e. The molecule has 0 saturated carbocycles. The number of phenols is 2. The van der Waals surface area contributed by atoms with E-state index in [2.05, 4.69) is 0 Å². The third kappa shape index (κ3) is 3.43. The number of alkyl halides is 6. The van der Waals surface area contributed by atoms with Gasteiger partial charge in [-0.15, -0.1) is 0 Å². The maximum Gasteiger partial charge on any atom is 0.430 e. The average Bonchev–Trinajstić information content (AvgIpc) is 2.48. The molecule has 10 heteroatoms. The molecule has 0 aliphatic carbocycles. The standard InChI is InChI=1S/C15H10F6O4/c16-14(17,18)13(24,15(19,20)21)11-7-10(5-6-12(11)23)25-9-3-1-8(22)2-4-9/h1-7,22-24H. The Morgan fingerprint density at radius 3 is 1.68 bits per heavy atom. The summed E-state index contributed by atoms with van der Waals surface area (Å²) in [5.74, 6) is -2.04. The van der Waals surface area contributed by atoms with Gasteiger partial charge in [-0.3, -0.25) is 0 Å². The Balaban J connectivity index is 2.52. The van der Waals surface area contributed by atoms with E-state index in [1.807, 2.05) is 0 Å². The summed E-state index contributed by atoms with van der Waals surface area (Å²) in [6.45, 7) is 0. The first-order chi connectivity index (χ1) is 11.4. The predicted octanol–water partition coefficient (Wildman–Crippen LogP) is 4.20. The highest BCUT2D eigenvalue weighted by Gasteiger charge is 2.72. The molecule has 25 heavy (non-hydrogen) atoms. The van der Waals surface area contributed by atoms with Gasteiger partial charge in [0.1, 0.15) is 23.0 Å². The summed E-state index contributed by atoms with van der Waals surface area (Å²) in [5, 5.41) is 27.9. The molecule has 0 saturated heterocycles. The van der Waals surface area contributed by atoms with E-state index >= 15 is 0 Å². The van der Waals surface area contributed by atoms with E-state index in [4.69, 9.17) is 9.84 Å². The molecular weight excluding hydrogens is 358 g/mol. The number of ether oxygens (including phenoxy) is 1. The van der Waals surface area contributed by atoms with Crippen molar-refractivity contribution in [3.63, 3.8) is 0 Å². The normalized spacial score (nSPS) is 12.9. The quantitative estimate of drug-likeness (QED) is 0.710. The molecule has 0 fully saturated rings. The fourth-order valence-corrected chi connectivity index (χ4v) is 1.98. The molecule has 0 unspecified atom stereocenters. The number of aromatic hydroxyl groups is 2. The maximum absolute atomic E-state index is 12.9. The molecule has 0 spiro atoms. The topological polar surface area (TPSA) is 69.9 Å². The highest BCUT2D eigenvalue weighted by Crippen LogP contribution is 2.52. The van der Waals surface area contributed by atoms with Gasteiger partial charge in [0.25, 0.3) is 5.60 Å². The molecule has 0 aliphatic rings. The van der Waals surface area contributed by atoms with Gasteiger partial charge in [-0.1, -0.05) is 0 Å². The molecule has 2 aromatic rings. The van der Waals surface area contributed by atoms with Crippen molar-refractivity contribution in [2.24, 2.45) is 0 Å². The van der Waals surface area contributed by atoms with Crippen molar-refractivity contribution >= 4 is 0 Å². The van der Waals surface area contributed by atoms with Crippen LogP contribution in [-0.4, -0.2) is 27.7 Å². The number of phenolic OH excluding ortho intramolecular Hbond substituents is 2. The summed E-state index contributed by atoms with van der Waals surface area (Å²) in [6, 6.07) is 6.47. The van der Waals surface area contributed by atoms with Gasteiger partial charge >= 0.3 is 12.4 Å². The lowest BCUT2D eigenvalue weighted by atomic mass is 9.91. The maximum atomic E-state index is 12.9. The summed E-state index contributed by atoms with van der Waals surface area (Å²) in [6.07, 6.45) is -12.3. The van der Waals surface area contributed by atoms with Crippen LogP contribution in [0.2, 0.25) is 0 Å². The molecule has 0 amide bonds. The first-order valence-corrected chi connectivity index (χ1v) is 6.52. The van der Waals surface area contributed by atoms with Gasteiger partial charge in [0.15, 0.2) is 0 Å². The SMILES string of the molecule is Oc1ccc(Oc2ccc(O)c(C(O)(C(F)(F)F)C(F)(F)F)c2)cc1. The van der Waals surface area contributed by atoms with Crippen LogP contribution >= 0.6 is 0 Å². The Morgan fingerprint density at radius 1 is 0.720 bits per heavy atom. The van der Waals surface area contributed by atoms with Crippen LogP contribution in [0.4, 0.5) is 26.3 Å². The van der Waals surface area contributed by atoms with Crippen molar-refractivity contribution in [1.82, 2.24) is 0 Å². The lowest BCUT2D eigenvalue weighted by molar-refractivity contribution is -0.376. The van der Waals surface area contributed by atoms with Crippen molar-refractivity contribution in [3.05, 3.63) is 48.0 Å². The molecule has 2 aromatic carbocycles. The molecule has 2 rings (SSSR count). The molecule has 4 nitrogen and oxygen atoms in total. The zero-order chi connectivity index (χ0) is 19.0. The van der Waals surface area contributed by atoms with Crippen LogP contribution in [0.25, 0.3) is 0 Å². The second kappa shape index (κ2) is 6.03. The fourth-order valence-electron chi connectivity index (χ4n) is 1.98. The number of aliphatic hydroxyl groups is 1. The van der Waals surface area contributed by atoms with Crippen molar-refractivity contribution in [1.29, 1.82) is 0 Å². The van der Waals surface area contributed by atoms with Gasteiger partial charge < -0.3 is 20.1 Å². The highest BCUT2D eigenvalue weighted by atomic mass is 19.4. The summed E-state index contributed by atoms with van der Waals surface area (Å²) in [7, 11) is 0. The van der Waals surface area contributed by atoms with Crippen molar-refractivity contribution < 1.29 is 46.4 Å². The largest absolute Gasteiger partial charge is 0.508 e. The third-order valence-corrected chi connectivity index (χ3v) is 3.25. The highest BCUT2D eigenvalue weighted by molar-refractivity contribution is 5.46. The van der Waals surface area contributed by atoms with Crippen LogP contribution in [0.15, 0.2) is 42.5 Å². The molecule has 0 radical (unpaired) electrons. The summed E-state index contributed by atoms with van der Waals surface area (Å²) >= 11 is 0. The van der Waals surface area contributed by atoms with E-state index in [0.717, 1.165) is 6.07 Å². The molecular formula is C15H10F6O4. The minimum absolute atomic E-state index is 0.00278. The van der Waals surface area contributed by atoms with E-state index in [0.29, 0.717) is 6.07 Å². The Bertz CT molecular complexity index is 738. The average molecular weight is 368 g/mol. The van der Waals surface area contributed by atoms with Gasteiger partial charge in [-0.05, 0) is 42.5 Å². The van der Waals surface area contributed by atoms with Gasteiger partial charge in [0.05, 0.1) is 0 Å².